The fourth-order valence-corrected chi connectivity index (χ4v) is 3.16. The lowest BCUT2D eigenvalue weighted by molar-refractivity contribution is -0.142. The summed E-state index contributed by atoms with van der Waals surface area (Å²) in [6, 6.07) is 9.28. The number of hydrogen-bond donors (Lipinski definition) is 0. The zero-order valence-corrected chi connectivity index (χ0v) is 15.7. The van der Waals surface area contributed by atoms with Crippen molar-refractivity contribution in [2.75, 3.05) is 33.1 Å². The van der Waals surface area contributed by atoms with Crippen molar-refractivity contribution in [1.82, 2.24) is 4.90 Å². The Balaban J connectivity index is 1.25. The van der Waals surface area contributed by atoms with Crippen molar-refractivity contribution in [3.05, 3.63) is 41.9 Å². The van der Waals surface area contributed by atoms with Gasteiger partial charge in [-0.25, -0.2) is 0 Å². The molecule has 0 saturated carbocycles. The van der Waals surface area contributed by atoms with Crippen molar-refractivity contribution in [1.29, 1.82) is 0 Å². The molecule has 1 aromatic carbocycles. The molecule has 0 aliphatic carbocycles. The molecule has 28 heavy (non-hydrogen) atoms. The highest BCUT2D eigenvalue weighted by atomic mass is 16.7. The fraction of sp³-hybridized carbons (Fsp3) is 0.450. The number of morpholine rings is 1. The summed E-state index contributed by atoms with van der Waals surface area (Å²) in [5.74, 6) is 3.31. The number of fused-ring (bicyclic) bond motifs is 1. The number of furan rings is 1. The van der Waals surface area contributed by atoms with Gasteiger partial charge in [0.1, 0.15) is 36.6 Å². The van der Waals surface area contributed by atoms with E-state index in [1.54, 1.807) is 0 Å². The topological polar surface area (TPSA) is 79.6 Å². The van der Waals surface area contributed by atoms with Gasteiger partial charge < -0.3 is 28.1 Å². The summed E-state index contributed by atoms with van der Waals surface area (Å²) in [6.45, 7) is 5.10. The van der Waals surface area contributed by atoms with Gasteiger partial charge >= 0.3 is 5.97 Å². The Labute approximate surface area is 162 Å². The lowest BCUT2D eigenvalue weighted by Gasteiger charge is -2.32. The summed E-state index contributed by atoms with van der Waals surface area (Å²) >= 11 is 0. The van der Waals surface area contributed by atoms with Crippen molar-refractivity contribution < 1.29 is 32.9 Å². The Hall–Kier alpha value is -2.71. The van der Waals surface area contributed by atoms with Gasteiger partial charge in [-0.05, 0) is 24.3 Å². The van der Waals surface area contributed by atoms with Crippen LogP contribution in [0.4, 0.5) is 0 Å². The number of carbonyl (C=O) groups is 1. The molecular weight excluding hydrogens is 366 g/mol. The van der Waals surface area contributed by atoms with E-state index in [4.69, 9.17) is 28.1 Å². The molecule has 1 atom stereocenters. The van der Waals surface area contributed by atoms with Gasteiger partial charge in [-0.2, -0.15) is 0 Å². The van der Waals surface area contributed by atoms with E-state index in [-0.39, 0.29) is 25.5 Å². The van der Waals surface area contributed by atoms with Crippen LogP contribution in [-0.4, -0.2) is 50.1 Å². The maximum absolute atomic E-state index is 10.9. The van der Waals surface area contributed by atoms with Crippen LogP contribution in [0.2, 0.25) is 0 Å². The van der Waals surface area contributed by atoms with Gasteiger partial charge in [0.25, 0.3) is 0 Å². The Morgan fingerprint density at radius 3 is 2.93 bits per heavy atom. The lowest BCUT2D eigenvalue weighted by Crippen LogP contribution is -2.44. The molecule has 1 aromatic heterocycles. The number of benzene rings is 1. The zero-order valence-electron chi connectivity index (χ0n) is 15.7. The van der Waals surface area contributed by atoms with Gasteiger partial charge in [-0.3, -0.25) is 9.69 Å². The van der Waals surface area contributed by atoms with Crippen LogP contribution in [0, 0.1) is 0 Å². The van der Waals surface area contributed by atoms with E-state index < -0.39 is 0 Å². The van der Waals surface area contributed by atoms with Crippen LogP contribution < -0.4 is 14.2 Å². The van der Waals surface area contributed by atoms with E-state index in [0.29, 0.717) is 31.3 Å². The van der Waals surface area contributed by atoms with Gasteiger partial charge in [0.05, 0.1) is 13.2 Å². The van der Waals surface area contributed by atoms with Crippen LogP contribution in [0.25, 0.3) is 0 Å². The van der Waals surface area contributed by atoms with Crippen molar-refractivity contribution in [2.45, 2.75) is 26.2 Å². The third-order valence-corrected chi connectivity index (χ3v) is 4.52. The molecule has 1 fully saturated rings. The molecule has 2 aromatic rings. The van der Waals surface area contributed by atoms with E-state index in [9.17, 15) is 4.79 Å². The molecule has 4 rings (SSSR count). The Morgan fingerprint density at radius 2 is 2.04 bits per heavy atom. The molecule has 8 heteroatoms. The summed E-state index contributed by atoms with van der Waals surface area (Å²) in [7, 11) is 0. The number of rotatable bonds is 7. The first-order chi connectivity index (χ1) is 13.7. The molecule has 0 amide bonds. The Bertz CT molecular complexity index is 819. The molecule has 2 aliphatic heterocycles. The smallest absolute Gasteiger partial charge is 0.303 e. The van der Waals surface area contributed by atoms with Crippen molar-refractivity contribution in [2.24, 2.45) is 0 Å². The van der Waals surface area contributed by atoms with Crippen LogP contribution in [0.1, 0.15) is 18.4 Å². The number of nitrogens with zero attached hydrogens (tertiary/aromatic N) is 1. The normalized spacial score (nSPS) is 18.8. The monoisotopic (exact) mass is 389 g/mol. The van der Waals surface area contributed by atoms with Gasteiger partial charge in [-0.1, -0.05) is 0 Å². The minimum absolute atomic E-state index is 0.0327. The Kier molecular flexibility index (Phi) is 5.68. The lowest BCUT2D eigenvalue weighted by atomic mass is 10.2. The molecule has 0 N–H and O–H groups in total. The molecule has 2 aliphatic rings. The third kappa shape index (κ3) is 4.76. The molecule has 0 radical (unpaired) electrons. The molecule has 8 nitrogen and oxygen atoms in total. The second-order valence-electron chi connectivity index (χ2n) is 6.70. The molecule has 1 unspecified atom stereocenters. The maximum atomic E-state index is 10.9. The van der Waals surface area contributed by atoms with Crippen LogP contribution >= 0.6 is 0 Å². The first-order valence-electron chi connectivity index (χ1n) is 9.23. The van der Waals surface area contributed by atoms with Crippen molar-refractivity contribution >= 4 is 5.97 Å². The second-order valence-corrected chi connectivity index (χ2v) is 6.70. The molecule has 0 bridgehead atoms. The minimum atomic E-state index is -0.323. The van der Waals surface area contributed by atoms with Gasteiger partial charge in [0, 0.05) is 26.1 Å². The second kappa shape index (κ2) is 8.53. The van der Waals surface area contributed by atoms with Gasteiger partial charge in [0.15, 0.2) is 11.5 Å². The van der Waals surface area contributed by atoms with E-state index in [1.807, 2.05) is 30.3 Å². The average Bonchev–Trinajstić information content (AvgIpc) is 3.34. The first kappa shape index (κ1) is 18.6. The molecular formula is C20H23NO7. The van der Waals surface area contributed by atoms with Crippen LogP contribution in [0.15, 0.2) is 34.7 Å². The quantitative estimate of drug-likeness (QED) is 0.668. The van der Waals surface area contributed by atoms with E-state index >= 15 is 0 Å². The first-order valence-corrected chi connectivity index (χ1v) is 9.23. The van der Waals surface area contributed by atoms with E-state index in [1.165, 1.54) is 6.92 Å². The van der Waals surface area contributed by atoms with Crippen LogP contribution in [0.3, 0.4) is 0 Å². The van der Waals surface area contributed by atoms with Gasteiger partial charge in [-0.15, -0.1) is 0 Å². The minimum Gasteiger partial charge on any atom is -0.491 e. The largest absolute Gasteiger partial charge is 0.491 e. The highest BCUT2D eigenvalue weighted by Crippen LogP contribution is 2.35. The van der Waals surface area contributed by atoms with E-state index in [0.717, 1.165) is 30.3 Å². The Morgan fingerprint density at radius 1 is 1.18 bits per heavy atom. The summed E-state index contributed by atoms with van der Waals surface area (Å²) < 4.78 is 33.0. The molecule has 1 saturated heterocycles. The van der Waals surface area contributed by atoms with Gasteiger partial charge in [0.2, 0.25) is 6.79 Å². The number of esters is 1. The summed E-state index contributed by atoms with van der Waals surface area (Å²) in [4.78, 5) is 13.1. The number of carbonyl (C=O) groups excluding carboxylic acids is 1. The average molecular weight is 389 g/mol. The number of ether oxygens (including phenoxy) is 5. The standard InChI is InChI=1S/C20H23NO7/c1-14(22)24-11-17-3-2-16(28-17)9-21-6-7-23-18(10-21)12-25-15-4-5-19-20(8-15)27-13-26-19/h2-5,8,18H,6-7,9-13H2,1H3. The van der Waals surface area contributed by atoms with Crippen molar-refractivity contribution in [3.63, 3.8) is 0 Å². The molecule has 150 valence electrons. The van der Waals surface area contributed by atoms with Crippen LogP contribution in [0.5, 0.6) is 17.2 Å². The summed E-state index contributed by atoms with van der Waals surface area (Å²) in [5.41, 5.74) is 0. The summed E-state index contributed by atoms with van der Waals surface area (Å²) in [6.07, 6.45) is -0.0327. The predicted octanol–water partition coefficient (Wildman–Crippen LogP) is 2.35. The van der Waals surface area contributed by atoms with Crippen LogP contribution in [-0.2, 0) is 27.4 Å². The number of hydrogen-bond acceptors (Lipinski definition) is 8. The third-order valence-electron chi connectivity index (χ3n) is 4.52. The fourth-order valence-electron chi connectivity index (χ4n) is 3.16. The maximum Gasteiger partial charge on any atom is 0.303 e. The summed E-state index contributed by atoms with van der Waals surface area (Å²) in [5, 5.41) is 0. The predicted molar refractivity (Wildman–Crippen MR) is 97.3 cm³/mol. The highest BCUT2D eigenvalue weighted by Gasteiger charge is 2.22. The van der Waals surface area contributed by atoms with Crippen molar-refractivity contribution in [3.8, 4) is 17.2 Å². The SMILES string of the molecule is CC(=O)OCc1ccc(CN2CCOC(COc3ccc4c(c3)OCO4)C2)o1. The molecule has 0 spiro atoms. The highest BCUT2D eigenvalue weighted by molar-refractivity contribution is 5.65. The van der Waals surface area contributed by atoms with E-state index in [2.05, 4.69) is 4.90 Å². The molecule has 3 heterocycles. The zero-order chi connectivity index (χ0) is 19.3.